The maximum absolute atomic E-state index is 12.2. The molecule has 0 radical (unpaired) electrons. The van der Waals surface area contributed by atoms with Gasteiger partial charge < -0.3 is 0 Å². The number of carbonyl (C=O) groups is 1. The number of nitrogens with zero attached hydrogens (tertiary/aromatic N) is 2. The van der Waals surface area contributed by atoms with E-state index in [1.165, 1.54) is 5.56 Å². The van der Waals surface area contributed by atoms with E-state index in [2.05, 4.69) is 23.8 Å². The minimum Gasteiger partial charge on any atom is -0.287 e. The summed E-state index contributed by atoms with van der Waals surface area (Å²) in [5.74, 6) is 1.02. The summed E-state index contributed by atoms with van der Waals surface area (Å²) in [5, 5.41) is 0. The first-order chi connectivity index (χ1) is 8.58. The molecule has 0 bridgehead atoms. The summed E-state index contributed by atoms with van der Waals surface area (Å²) in [6.07, 6.45) is 1.61. The normalized spacial score (nSPS) is 10.7. The second-order valence-electron chi connectivity index (χ2n) is 4.59. The summed E-state index contributed by atoms with van der Waals surface area (Å²) in [4.78, 5) is 20.3. The number of hydrogen-bond acceptors (Lipinski definition) is 3. The molecule has 1 heterocycles. The minimum atomic E-state index is -0.0594. The Labute approximate surface area is 107 Å². The first-order valence-corrected chi connectivity index (χ1v) is 6.02. The van der Waals surface area contributed by atoms with E-state index >= 15 is 0 Å². The smallest absolute Gasteiger partial charge is 0.211 e. The molecular weight excluding hydrogens is 224 g/mol. The minimum absolute atomic E-state index is 0.0594. The fourth-order valence-electron chi connectivity index (χ4n) is 1.75. The lowest BCUT2D eigenvalue weighted by molar-refractivity contribution is 0.103. The van der Waals surface area contributed by atoms with Crippen LogP contribution in [-0.2, 0) is 0 Å². The molecule has 0 amide bonds. The molecule has 3 heteroatoms. The maximum atomic E-state index is 12.2. The zero-order valence-corrected chi connectivity index (χ0v) is 10.8. The van der Waals surface area contributed by atoms with Crippen LogP contribution in [0, 0.1) is 6.92 Å². The Hall–Kier alpha value is -2.03. The molecule has 2 rings (SSSR count). The average Bonchev–Trinajstić information content (AvgIpc) is 2.38. The highest BCUT2D eigenvalue weighted by atomic mass is 16.1. The molecule has 0 fully saturated rings. The van der Waals surface area contributed by atoms with Gasteiger partial charge in [-0.2, -0.15) is 0 Å². The highest BCUT2D eigenvalue weighted by Gasteiger charge is 2.11. The average molecular weight is 240 g/mol. The van der Waals surface area contributed by atoms with Crippen molar-refractivity contribution >= 4 is 5.78 Å². The van der Waals surface area contributed by atoms with Crippen molar-refractivity contribution < 1.29 is 4.79 Å². The van der Waals surface area contributed by atoms with Crippen LogP contribution in [0.5, 0.6) is 0 Å². The lowest BCUT2D eigenvalue weighted by Crippen LogP contribution is -2.05. The van der Waals surface area contributed by atoms with Crippen molar-refractivity contribution in [1.82, 2.24) is 9.97 Å². The van der Waals surface area contributed by atoms with Crippen molar-refractivity contribution in [2.45, 2.75) is 26.7 Å². The monoisotopic (exact) mass is 240 g/mol. The zero-order chi connectivity index (χ0) is 13.1. The Balaban J connectivity index is 2.29. The largest absolute Gasteiger partial charge is 0.287 e. The van der Waals surface area contributed by atoms with Crippen molar-refractivity contribution in [2.24, 2.45) is 0 Å². The van der Waals surface area contributed by atoms with E-state index in [1.54, 1.807) is 19.2 Å². The van der Waals surface area contributed by atoms with E-state index in [1.807, 2.05) is 24.3 Å². The molecule has 1 aromatic heterocycles. The molecule has 0 atom stereocenters. The fraction of sp³-hybridized carbons (Fsp3) is 0.267. The summed E-state index contributed by atoms with van der Waals surface area (Å²) in [6, 6.07) is 9.34. The molecule has 1 aromatic carbocycles. The fourth-order valence-corrected chi connectivity index (χ4v) is 1.75. The maximum Gasteiger partial charge on any atom is 0.211 e. The predicted molar refractivity (Wildman–Crippen MR) is 70.7 cm³/mol. The topological polar surface area (TPSA) is 42.9 Å². The van der Waals surface area contributed by atoms with Gasteiger partial charge in [0.2, 0.25) is 5.78 Å². The summed E-state index contributed by atoms with van der Waals surface area (Å²) in [5.41, 5.74) is 2.34. The lowest BCUT2D eigenvalue weighted by Gasteiger charge is -2.06. The number of carbonyl (C=O) groups excluding carboxylic acids is 1. The first kappa shape index (κ1) is 12.4. The molecule has 0 aliphatic rings. The Morgan fingerprint density at radius 1 is 1.11 bits per heavy atom. The van der Waals surface area contributed by atoms with E-state index in [9.17, 15) is 4.79 Å². The molecule has 0 N–H and O–H groups in total. The molecule has 0 aliphatic heterocycles. The van der Waals surface area contributed by atoms with Crippen LogP contribution in [0.1, 0.15) is 47.2 Å². The molecule has 2 aromatic rings. The van der Waals surface area contributed by atoms with E-state index in [0.717, 1.165) is 0 Å². The van der Waals surface area contributed by atoms with Crippen LogP contribution in [0.3, 0.4) is 0 Å². The van der Waals surface area contributed by atoms with Crippen molar-refractivity contribution in [3.63, 3.8) is 0 Å². The molecule has 0 saturated carbocycles. The Morgan fingerprint density at radius 3 is 2.33 bits per heavy atom. The summed E-state index contributed by atoms with van der Waals surface area (Å²) in [6.45, 7) is 6.04. The van der Waals surface area contributed by atoms with Gasteiger partial charge in [-0.25, -0.2) is 9.97 Å². The van der Waals surface area contributed by atoms with E-state index < -0.39 is 0 Å². The number of aromatic nitrogens is 2. The van der Waals surface area contributed by atoms with Crippen molar-refractivity contribution in [1.29, 1.82) is 0 Å². The van der Waals surface area contributed by atoms with Crippen molar-refractivity contribution in [3.05, 3.63) is 59.2 Å². The van der Waals surface area contributed by atoms with Gasteiger partial charge in [-0.1, -0.05) is 38.1 Å². The van der Waals surface area contributed by atoms with Gasteiger partial charge in [-0.15, -0.1) is 0 Å². The van der Waals surface area contributed by atoms with Gasteiger partial charge in [0, 0.05) is 11.8 Å². The van der Waals surface area contributed by atoms with Gasteiger partial charge >= 0.3 is 0 Å². The number of aryl methyl sites for hydroxylation is 1. The summed E-state index contributed by atoms with van der Waals surface area (Å²) < 4.78 is 0. The van der Waals surface area contributed by atoms with Crippen LogP contribution in [0.15, 0.2) is 36.5 Å². The van der Waals surface area contributed by atoms with E-state index in [-0.39, 0.29) is 5.78 Å². The molecule has 0 unspecified atom stereocenters. The molecule has 0 spiro atoms. The van der Waals surface area contributed by atoms with Crippen LogP contribution >= 0.6 is 0 Å². The van der Waals surface area contributed by atoms with Crippen molar-refractivity contribution in [3.8, 4) is 0 Å². The molecule has 0 aliphatic carbocycles. The quantitative estimate of drug-likeness (QED) is 0.774. The molecule has 0 saturated heterocycles. The number of benzene rings is 1. The van der Waals surface area contributed by atoms with Crippen molar-refractivity contribution in [2.75, 3.05) is 0 Å². The predicted octanol–water partition coefficient (Wildman–Crippen LogP) is 3.14. The molecule has 3 nitrogen and oxygen atoms in total. The van der Waals surface area contributed by atoms with Gasteiger partial charge in [0.25, 0.3) is 0 Å². The zero-order valence-electron chi connectivity index (χ0n) is 10.8. The van der Waals surface area contributed by atoms with E-state index in [4.69, 9.17) is 0 Å². The van der Waals surface area contributed by atoms with E-state index in [0.29, 0.717) is 23.0 Å². The summed E-state index contributed by atoms with van der Waals surface area (Å²) >= 11 is 0. The Morgan fingerprint density at radius 2 is 1.78 bits per heavy atom. The van der Waals surface area contributed by atoms with Crippen LogP contribution < -0.4 is 0 Å². The number of rotatable bonds is 3. The van der Waals surface area contributed by atoms with Crippen LogP contribution in [0.25, 0.3) is 0 Å². The third-order valence-electron chi connectivity index (χ3n) is 2.85. The Kier molecular flexibility index (Phi) is 3.51. The van der Waals surface area contributed by atoms with Gasteiger partial charge in [0.1, 0.15) is 11.5 Å². The first-order valence-electron chi connectivity index (χ1n) is 6.02. The third-order valence-corrected chi connectivity index (χ3v) is 2.85. The number of hydrogen-bond donors (Lipinski definition) is 0. The summed E-state index contributed by atoms with van der Waals surface area (Å²) in [7, 11) is 0. The van der Waals surface area contributed by atoms with Crippen LogP contribution in [-0.4, -0.2) is 15.8 Å². The third kappa shape index (κ3) is 2.62. The molecule has 92 valence electrons. The van der Waals surface area contributed by atoms with Gasteiger partial charge in [-0.05, 0) is 24.5 Å². The van der Waals surface area contributed by atoms with Crippen LogP contribution in [0.4, 0.5) is 0 Å². The van der Waals surface area contributed by atoms with Gasteiger partial charge in [-0.3, -0.25) is 4.79 Å². The Bertz CT molecular complexity index is 559. The second kappa shape index (κ2) is 5.08. The van der Waals surface area contributed by atoms with Crippen LogP contribution in [0.2, 0.25) is 0 Å². The molecular formula is C15H16N2O. The number of ketones is 1. The SMILES string of the molecule is Cc1nccc(C(=O)c2ccc(C(C)C)cc2)n1. The highest BCUT2D eigenvalue weighted by Crippen LogP contribution is 2.16. The van der Waals surface area contributed by atoms with Gasteiger partial charge in [0.05, 0.1) is 0 Å². The lowest BCUT2D eigenvalue weighted by atomic mass is 10.00. The highest BCUT2D eigenvalue weighted by molar-refractivity contribution is 6.07. The second-order valence-corrected chi connectivity index (χ2v) is 4.59. The van der Waals surface area contributed by atoms with Gasteiger partial charge in [0.15, 0.2) is 0 Å². The molecule has 18 heavy (non-hydrogen) atoms. The standard InChI is InChI=1S/C15H16N2O/c1-10(2)12-4-6-13(7-5-12)15(18)14-8-9-16-11(3)17-14/h4-10H,1-3H3.